The molecule has 0 bridgehead atoms. The van der Waals surface area contributed by atoms with Crippen molar-refractivity contribution in [2.75, 3.05) is 0 Å². The van der Waals surface area contributed by atoms with Crippen LogP contribution in [0.2, 0.25) is 0 Å². The summed E-state index contributed by atoms with van der Waals surface area (Å²) in [7, 11) is 0. The summed E-state index contributed by atoms with van der Waals surface area (Å²) in [5.74, 6) is 0. The van der Waals surface area contributed by atoms with Crippen LogP contribution in [0.25, 0.3) is 43.4 Å². The van der Waals surface area contributed by atoms with Crippen LogP contribution < -0.4 is 0 Å². The van der Waals surface area contributed by atoms with E-state index in [0.29, 0.717) is 0 Å². The molecule has 0 unspecified atom stereocenters. The number of hydrogen-bond acceptors (Lipinski definition) is 0. The number of fused-ring (bicyclic) bond motifs is 7. The molecule has 0 saturated carbocycles. The minimum atomic E-state index is -0.440. The standard InChI is InChI=1S/C39H28/c1-25-11-13-30-23-32(18-15-28(30)21-25)39(33-19-16-29-22-26(2)12-14-31(29)24-33)37-10-6-5-9-35(37)36-20-17-27-7-3-4-8-34(27)38(36)39/h3-24H,1-2H3. The van der Waals surface area contributed by atoms with E-state index in [4.69, 9.17) is 0 Å². The van der Waals surface area contributed by atoms with Crippen molar-refractivity contribution in [2.24, 2.45) is 0 Å². The SMILES string of the molecule is Cc1ccc2cc(C3(c4ccc5cc(C)ccc5c4)c4ccccc4-c4ccc5ccccc5c43)ccc2c1. The van der Waals surface area contributed by atoms with Crippen molar-refractivity contribution in [3.63, 3.8) is 0 Å². The van der Waals surface area contributed by atoms with Gasteiger partial charge >= 0.3 is 0 Å². The van der Waals surface area contributed by atoms with Crippen molar-refractivity contribution in [1.82, 2.24) is 0 Å². The second-order valence-corrected chi connectivity index (χ2v) is 11.1. The van der Waals surface area contributed by atoms with Crippen molar-refractivity contribution >= 4 is 32.3 Å². The normalized spacial score (nSPS) is 13.6. The molecule has 0 saturated heterocycles. The minimum absolute atomic E-state index is 0.440. The summed E-state index contributed by atoms with van der Waals surface area (Å²) < 4.78 is 0. The van der Waals surface area contributed by atoms with Gasteiger partial charge in [-0.1, -0.05) is 132 Å². The van der Waals surface area contributed by atoms with Gasteiger partial charge in [0, 0.05) is 0 Å². The third kappa shape index (κ3) is 3.12. The van der Waals surface area contributed by atoms with E-state index in [1.807, 2.05) is 0 Å². The first-order valence-electron chi connectivity index (χ1n) is 13.8. The average molecular weight is 497 g/mol. The maximum absolute atomic E-state index is 2.43. The molecular formula is C39H28. The Balaban J connectivity index is 1.57. The van der Waals surface area contributed by atoms with E-state index in [1.165, 1.54) is 76.8 Å². The first-order chi connectivity index (χ1) is 19.1. The first-order valence-corrected chi connectivity index (χ1v) is 13.8. The summed E-state index contributed by atoms with van der Waals surface area (Å²) in [4.78, 5) is 0. The lowest BCUT2D eigenvalue weighted by Crippen LogP contribution is -2.29. The van der Waals surface area contributed by atoms with Gasteiger partial charge in [0.2, 0.25) is 0 Å². The fraction of sp³-hybridized carbons (Fsp3) is 0.0769. The van der Waals surface area contributed by atoms with Crippen LogP contribution in [-0.4, -0.2) is 0 Å². The van der Waals surface area contributed by atoms with Crippen LogP contribution in [0.4, 0.5) is 0 Å². The van der Waals surface area contributed by atoms with Crippen LogP contribution in [0.3, 0.4) is 0 Å². The summed E-state index contributed by atoms with van der Waals surface area (Å²) in [6, 6.07) is 50.4. The molecule has 1 aliphatic carbocycles. The molecule has 0 fully saturated rings. The van der Waals surface area contributed by atoms with Crippen molar-refractivity contribution in [2.45, 2.75) is 19.3 Å². The number of benzene rings is 7. The van der Waals surface area contributed by atoms with Gasteiger partial charge in [0.25, 0.3) is 0 Å². The fourth-order valence-corrected chi connectivity index (χ4v) is 7.04. The van der Waals surface area contributed by atoms with Crippen molar-refractivity contribution < 1.29 is 0 Å². The van der Waals surface area contributed by atoms with Gasteiger partial charge in [0.1, 0.15) is 0 Å². The lowest BCUT2D eigenvalue weighted by atomic mass is 9.66. The average Bonchev–Trinajstić information content (AvgIpc) is 3.28. The Labute approximate surface area is 229 Å². The Hall–Kier alpha value is -4.68. The highest BCUT2D eigenvalue weighted by Crippen LogP contribution is 2.58. The molecule has 0 radical (unpaired) electrons. The number of rotatable bonds is 2. The van der Waals surface area contributed by atoms with Gasteiger partial charge in [-0.2, -0.15) is 0 Å². The third-order valence-corrected chi connectivity index (χ3v) is 8.78. The Morgan fingerprint density at radius 2 is 0.949 bits per heavy atom. The molecule has 184 valence electrons. The second-order valence-electron chi connectivity index (χ2n) is 11.1. The van der Waals surface area contributed by atoms with Crippen LogP contribution in [0.15, 0.2) is 133 Å². The molecule has 0 N–H and O–H groups in total. The molecule has 39 heavy (non-hydrogen) atoms. The highest BCUT2D eigenvalue weighted by Gasteiger charge is 2.47. The molecule has 7 aromatic rings. The van der Waals surface area contributed by atoms with Gasteiger partial charge in [-0.15, -0.1) is 0 Å². The van der Waals surface area contributed by atoms with Crippen molar-refractivity contribution in [3.05, 3.63) is 167 Å². The van der Waals surface area contributed by atoms with E-state index >= 15 is 0 Å². The molecule has 0 aliphatic heterocycles. The summed E-state index contributed by atoms with van der Waals surface area (Å²) in [6.07, 6.45) is 0. The number of aryl methyl sites for hydroxylation is 2. The van der Waals surface area contributed by atoms with E-state index < -0.39 is 5.41 Å². The maximum Gasteiger partial charge on any atom is 0.0720 e. The van der Waals surface area contributed by atoms with Gasteiger partial charge in [0.05, 0.1) is 5.41 Å². The predicted molar refractivity (Wildman–Crippen MR) is 166 cm³/mol. The molecule has 7 aromatic carbocycles. The van der Waals surface area contributed by atoms with E-state index in [1.54, 1.807) is 0 Å². The van der Waals surface area contributed by atoms with Crippen molar-refractivity contribution in [3.8, 4) is 11.1 Å². The predicted octanol–water partition coefficient (Wildman–Crippen LogP) is 10.1. The zero-order chi connectivity index (χ0) is 26.1. The van der Waals surface area contributed by atoms with E-state index in [0.717, 1.165) is 0 Å². The molecule has 0 amide bonds. The molecule has 0 spiro atoms. The highest BCUT2D eigenvalue weighted by molar-refractivity contribution is 6.01. The highest BCUT2D eigenvalue weighted by atomic mass is 14.5. The largest absolute Gasteiger partial charge is 0.0720 e. The Kier molecular flexibility index (Phi) is 4.67. The maximum atomic E-state index is 2.43. The molecule has 0 nitrogen and oxygen atoms in total. The summed E-state index contributed by atoms with van der Waals surface area (Å²) in [5, 5.41) is 7.72. The van der Waals surface area contributed by atoms with Crippen LogP contribution in [0.5, 0.6) is 0 Å². The van der Waals surface area contributed by atoms with Crippen LogP contribution >= 0.6 is 0 Å². The number of hydrogen-bond donors (Lipinski definition) is 0. The molecule has 0 aromatic heterocycles. The van der Waals surface area contributed by atoms with Gasteiger partial charge in [-0.25, -0.2) is 0 Å². The lowest BCUT2D eigenvalue weighted by Gasteiger charge is -2.35. The minimum Gasteiger partial charge on any atom is -0.0619 e. The Morgan fingerprint density at radius 3 is 1.64 bits per heavy atom. The molecule has 0 heterocycles. The van der Waals surface area contributed by atoms with Crippen LogP contribution in [-0.2, 0) is 5.41 Å². The summed E-state index contributed by atoms with van der Waals surface area (Å²) >= 11 is 0. The van der Waals surface area contributed by atoms with Crippen molar-refractivity contribution in [1.29, 1.82) is 0 Å². The molecule has 0 atom stereocenters. The zero-order valence-corrected chi connectivity index (χ0v) is 22.2. The van der Waals surface area contributed by atoms with Gasteiger partial charge in [0.15, 0.2) is 0 Å². The van der Waals surface area contributed by atoms with E-state index in [-0.39, 0.29) is 0 Å². The second kappa shape index (κ2) is 8.16. The molecule has 8 rings (SSSR count). The zero-order valence-electron chi connectivity index (χ0n) is 22.2. The van der Waals surface area contributed by atoms with E-state index in [2.05, 4.69) is 147 Å². The quantitative estimate of drug-likeness (QED) is 0.223. The Morgan fingerprint density at radius 1 is 0.410 bits per heavy atom. The monoisotopic (exact) mass is 496 g/mol. The molecular weight excluding hydrogens is 468 g/mol. The summed E-state index contributed by atoms with van der Waals surface area (Å²) in [5.41, 5.74) is 10.2. The molecule has 0 heteroatoms. The van der Waals surface area contributed by atoms with Gasteiger partial charge in [-0.05, 0) is 91.7 Å². The first kappa shape index (κ1) is 22.3. The third-order valence-electron chi connectivity index (χ3n) is 8.78. The summed E-state index contributed by atoms with van der Waals surface area (Å²) in [6.45, 7) is 4.34. The fourth-order valence-electron chi connectivity index (χ4n) is 7.04. The smallest absolute Gasteiger partial charge is 0.0619 e. The van der Waals surface area contributed by atoms with Crippen LogP contribution in [0, 0.1) is 13.8 Å². The Bertz CT molecular complexity index is 2010. The van der Waals surface area contributed by atoms with Gasteiger partial charge in [-0.3, -0.25) is 0 Å². The van der Waals surface area contributed by atoms with E-state index in [9.17, 15) is 0 Å². The topological polar surface area (TPSA) is 0 Å². The van der Waals surface area contributed by atoms with Gasteiger partial charge < -0.3 is 0 Å². The molecule has 1 aliphatic rings. The lowest BCUT2D eigenvalue weighted by molar-refractivity contribution is 0.778. The van der Waals surface area contributed by atoms with Crippen LogP contribution in [0.1, 0.15) is 33.4 Å².